The van der Waals surface area contributed by atoms with Crippen LogP contribution in [0.3, 0.4) is 0 Å². The monoisotopic (exact) mass is 666 g/mol. The first kappa shape index (κ1) is 45.6. The first-order valence-electron chi connectivity index (χ1n) is 21.3. The molecule has 0 aromatic rings. The number of thiocarbonyl (C=S) groups is 1. The van der Waals surface area contributed by atoms with E-state index in [1.54, 1.807) is 0 Å². The van der Waals surface area contributed by atoms with Crippen LogP contribution in [0.4, 0.5) is 0 Å². The molecule has 0 aliphatic carbocycles. The fraction of sp³-hybridized carbons (Fsp3) is 0.976. The Morgan fingerprint density at radius 2 is 0.630 bits per heavy atom. The number of nitrogens with zero attached hydrogens (tertiary/aromatic N) is 2. The molecule has 0 spiro atoms. The van der Waals surface area contributed by atoms with Gasteiger partial charge in [0.05, 0.1) is 0 Å². The Kier molecular flexibility index (Phi) is 38.8. The van der Waals surface area contributed by atoms with Crippen LogP contribution in [-0.4, -0.2) is 55.2 Å². The van der Waals surface area contributed by atoms with Crippen LogP contribution in [0.5, 0.6) is 0 Å². The van der Waals surface area contributed by atoms with Gasteiger partial charge in [0.15, 0.2) is 5.11 Å². The van der Waals surface area contributed by atoms with Gasteiger partial charge >= 0.3 is 0 Å². The summed E-state index contributed by atoms with van der Waals surface area (Å²) >= 11 is 5.88. The van der Waals surface area contributed by atoms with E-state index in [0.717, 1.165) is 37.7 Å². The lowest BCUT2D eigenvalue weighted by Gasteiger charge is -2.26. The first-order chi connectivity index (χ1) is 22.6. The molecule has 0 atom stereocenters. The second kappa shape index (κ2) is 39.1. The summed E-state index contributed by atoms with van der Waals surface area (Å²) in [5.41, 5.74) is 0. The minimum atomic E-state index is 0.991. The molecule has 3 nitrogen and oxygen atoms in total. The Morgan fingerprint density at radius 1 is 0.370 bits per heavy atom. The molecule has 46 heavy (non-hydrogen) atoms. The van der Waals surface area contributed by atoms with Crippen LogP contribution in [-0.2, 0) is 0 Å². The molecular formula is C42H87N3S. The second-order valence-corrected chi connectivity index (χ2v) is 15.4. The van der Waals surface area contributed by atoms with Crippen LogP contribution in [0.15, 0.2) is 0 Å². The Hall–Kier alpha value is -0.350. The van der Waals surface area contributed by atoms with Gasteiger partial charge in [0, 0.05) is 19.6 Å². The molecule has 0 fully saturated rings. The Labute approximate surface area is 297 Å². The lowest BCUT2D eigenvalue weighted by atomic mass is 10.0. The molecule has 0 saturated heterocycles. The molecule has 4 heteroatoms. The van der Waals surface area contributed by atoms with Gasteiger partial charge in [-0.3, -0.25) is 0 Å². The van der Waals surface area contributed by atoms with Crippen LogP contribution in [0, 0.1) is 0 Å². The van der Waals surface area contributed by atoms with E-state index in [1.165, 1.54) is 205 Å². The molecule has 0 amide bonds. The zero-order valence-electron chi connectivity index (χ0n) is 32.5. The predicted molar refractivity (Wildman–Crippen MR) is 214 cm³/mol. The average molecular weight is 666 g/mol. The zero-order chi connectivity index (χ0) is 33.6. The highest BCUT2D eigenvalue weighted by atomic mass is 32.1. The molecule has 0 bridgehead atoms. The highest BCUT2D eigenvalue weighted by molar-refractivity contribution is 7.80. The molecule has 276 valence electrons. The van der Waals surface area contributed by atoms with Gasteiger partial charge in [-0.1, -0.05) is 206 Å². The van der Waals surface area contributed by atoms with Gasteiger partial charge in [-0.25, -0.2) is 0 Å². The molecule has 0 unspecified atom stereocenters. The number of hydrogen-bond donors (Lipinski definition) is 1. The summed E-state index contributed by atoms with van der Waals surface area (Å²) in [6.07, 6.45) is 46.8. The van der Waals surface area contributed by atoms with E-state index < -0.39 is 0 Å². The maximum absolute atomic E-state index is 5.88. The fourth-order valence-corrected chi connectivity index (χ4v) is 7.00. The third-order valence-electron chi connectivity index (χ3n) is 9.91. The predicted octanol–water partition coefficient (Wildman–Crippen LogP) is 13.6. The first-order valence-corrected chi connectivity index (χ1v) is 21.7. The van der Waals surface area contributed by atoms with E-state index in [9.17, 15) is 0 Å². The van der Waals surface area contributed by atoms with Crippen LogP contribution in [0.1, 0.15) is 226 Å². The van der Waals surface area contributed by atoms with Crippen molar-refractivity contribution >= 4 is 17.3 Å². The number of rotatable bonds is 38. The van der Waals surface area contributed by atoms with Gasteiger partial charge < -0.3 is 15.1 Å². The van der Waals surface area contributed by atoms with Crippen molar-refractivity contribution in [3.8, 4) is 0 Å². The van der Waals surface area contributed by atoms with E-state index in [-0.39, 0.29) is 0 Å². The molecular weight excluding hydrogens is 579 g/mol. The van der Waals surface area contributed by atoms with E-state index >= 15 is 0 Å². The summed E-state index contributed by atoms with van der Waals surface area (Å²) in [6, 6.07) is 0. The standard InChI is InChI=1S/C42H87N3S/c1-5-7-9-11-13-15-17-19-21-23-25-27-29-31-33-35-40-45(42(46)43-38-37-39-44(3)4)41-36-34-32-30-28-26-24-22-20-18-16-14-12-10-8-6-2/h5-41H2,1-4H3,(H,43,46). The van der Waals surface area contributed by atoms with Crippen LogP contribution in [0.25, 0.3) is 0 Å². The summed E-state index contributed by atoms with van der Waals surface area (Å²) in [6.45, 7) is 8.99. The van der Waals surface area contributed by atoms with E-state index in [0.29, 0.717) is 0 Å². The normalized spacial score (nSPS) is 11.5. The average Bonchev–Trinajstić information content (AvgIpc) is 3.05. The molecule has 0 heterocycles. The van der Waals surface area contributed by atoms with Crippen LogP contribution >= 0.6 is 12.2 Å². The van der Waals surface area contributed by atoms with Crippen molar-refractivity contribution in [3.05, 3.63) is 0 Å². The van der Waals surface area contributed by atoms with Crippen molar-refractivity contribution in [3.63, 3.8) is 0 Å². The van der Waals surface area contributed by atoms with Gasteiger partial charge in [-0.05, 0) is 52.1 Å². The van der Waals surface area contributed by atoms with Gasteiger partial charge in [0.2, 0.25) is 0 Å². The molecule has 0 saturated carbocycles. The molecule has 0 aliphatic heterocycles. The molecule has 0 aliphatic rings. The molecule has 0 radical (unpaired) electrons. The van der Waals surface area contributed by atoms with Gasteiger partial charge in [-0.15, -0.1) is 0 Å². The highest BCUT2D eigenvalue weighted by Gasteiger charge is 2.09. The zero-order valence-corrected chi connectivity index (χ0v) is 33.3. The van der Waals surface area contributed by atoms with Crippen molar-refractivity contribution in [2.24, 2.45) is 0 Å². The largest absolute Gasteiger partial charge is 0.363 e. The number of nitrogens with one attached hydrogen (secondary N) is 1. The van der Waals surface area contributed by atoms with Crippen LogP contribution < -0.4 is 5.32 Å². The second-order valence-electron chi connectivity index (χ2n) is 15.0. The van der Waals surface area contributed by atoms with Crippen molar-refractivity contribution in [1.82, 2.24) is 15.1 Å². The minimum Gasteiger partial charge on any atom is -0.363 e. The van der Waals surface area contributed by atoms with Crippen molar-refractivity contribution in [2.75, 3.05) is 40.3 Å². The highest BCUT2D eigenvalue weighted by Crippen LogP contribution is 2.16. The van der Waals surface area contributed by atoms with E-state index in [4.69, 9.17) is 12.2 Å². The van der Waals surface area contributed by atoms with Gasteiger partial charge in [-0.2, -0.15) is 0 Å². The SMILES string of the molecule is CCCCCCCCCCCCCCCCCCN(CCCCCCCCCCCCCCCCCC)C(=S)NCCCN(C)C. The summed E-state index contributed by atoms with van der Waals surface area (Å²) < 4.78 is 0. The van der Waals surface area contributed by atoms with E-state index in [2.05, 4.69) is 43.1 Å². The molecule has 0 aromatic carbocycles. The summed E-state index contributed by atoms with van der Waals surface area (Å²) in [5, 5.41) is 4.58. The van der Waals surface area contributed by atoms with Crippen LogP contribution in [0.2, 0.25) is 0 Å². The molecule has 1 N–H and O–H groups in total. The minimum absolute atomic E-state index is 0.991. The third-order valence-corrected chi connectivity index (χ3v) is 10.3. The Bertz CT molecular complexity index is 545. The summed E-state index contributed by atoms with van der Waals surface area (Å²) in [5.74, 6) is 0. The number of hydrogen-bond acceptors (Lipinski definition) is 2. The summed E-state index contributed by atoms with van der Waals surface area (Å²) in [7, 11) is 4.30. The molecule has 0 rings (SSSR count). The quantitative estimate of drug-likeness (QED) is 0.0522. The molecule has 0 aromatic heterocycles. The smallest absolute Gasteiger partial charge is 0.168 e. The Morgan fingerprint density at radius 3 is 0.891 bits per heavy atom. The maximum atomic E-state index is 5.88. The van der Waals surface area contributed by atoms with E-state index in [1.807, 2.05) is 0 Å². The maximum Gasteiger partial charge on any atom is 0.168 e. The topological polar surface area (TPSA) is 18.5 Å². The fourth-order valence-electron chi connectivity index (χ4n) is 6.72. The van der Waals surface area contributed by atoms with Gasteiger partial charge in [0.1, 0.15) is 0 Å². The van der Waals surface area contributed by atoms with Crippen molar-refractivity contribution in [1.29, 1.82) is 0 Å². The lowest BCUT2D eigenvalue weighted by Crippen LogP contribution is -2.41. The van der Waals surface area contributed by atoms with Crippen molar-refractivity contribution < 1.29 is 0 Å². The van der Waals surface area contributed by atoms with Gasteiger partial charge in [0.25, 0.3) is 0 Å². The number of unbranched alkanes of at least 4 members (excludes halogenated alkanes) is 30. The third kappa shape index (κ3) is 36.5. The Balaban J connectivity index is 3.87. The summed E-state index contributed by atoms with van der Waals surface area (Å²) in [4.78, 5) is 4.76. The lowest BCUT2D eigenvalue weighted by molar-refractivity contribution is 0.372. The van der Waals surface area contributed by atoms with Crippen molar-refractivity contribution in [2.45, 2.75) is 226 Å².